The van der Waals surface area contributed by atoms with Gasteiger partial charge in [0.1, 0.15) is 5.25 Å². The maximum Gasteiger partial charge on any atom is 0.187 e. The first-order chi connectivity index (χ1) is 11.5. The van der Waals surface area contributed by atoms with E-state index in [9.17, 15) is 13.5 Å². The number of sulfone groups is 1. The molecule has 2 atom stereocenters. The highest BCUT2D eigenvalue weighted by Gasteiger charge is 2.34. The van der Waals surface area contributed by atoms with E-state index >= 15 is 0 Å². The van der Waals surface area contributed by atoms with Crippen LogP contribution in [-0.4, -0.2) is 19.6 Å². The molecule has 1 N–H and O–H groups in total. The zero-order valence-corrected chi connectivity index (χ0v) is 14.7. The van der Waals surface area contributed by atoms with E-state index in [1.165, 1.54) is 12.1 Å². The largest absolute Gasteiger partial charge is 0.391 e. The summed E-state index contributed by atoms with van der Waals surface area (Å²) in [4.78, 5) is 0.181. The lowest BCUT2D eigenvalue weighted by Crippen LogP contribution is -2.26. The lowest BCUT2D eigenvalue weighted by Gasteiger charge is -2.23. The molecule has 24 heavy (non-hydrogen) atoms. The SMILES string of the molecule is C#CCCCC(O)C(c1ccc(Cl)cc1)S(=O)(=O)c1ccccc1. The molecule has 0 amide bonds. The molecular weight excluding hydrogens is 344 g/mol. The number of hydrogen-bond donors (Lipinski definition) is 1. The topological polar surface area (TPSA) is 54.4 Å². The van der Waals surface area contributed by atoms with E-state index in [0.29, 0.717) is 29.8 Å². The van der Waals surface area contributed by atoms with Crippen molar-refractivity contribution in [2.24, 2.45) is 0 Å². The van der Waals surface area contributed by atoms with Crippen molar-refractivity contribution in [2.45, 2.75) is 35.5 Å². The van der Waals surface area contributed by atoms with Gasteiger partial charge in [-0.15, -0.1) is 12.3 Å². The molecule has 0 aliphatic carbocycles. The van der Waals surface area contributed by atoms with Crippen molar-refractivity contribution in [2.75, 3.05) is 0 Å². The standard InChI is InChI=1S/C19H19ClO3S/c1-2-3-5-10-18(21)19(15-11-13-16(20)14-12-15)24(22,23)17-8-6-4-7-9-17/h1,4,6-9,11-14,18-19,21H,3,5,10H2. The van der Waals surface area contributed by atoms with Gasteiger partial charge >= 0.3 is 0 Å². The number of hydrogen-bond acceptors (Lipinski definition) is 3. The van der Waals surface area contributed by atoms with Crippen LogP contribution in [0.25, 0.3) is 0 Å². The fourth-order valence-electron chi connectivity index (χ4n) is 2.58. The summed E-state index contributed by atoms with van der Waals surface area (Å²) < 4.78 is 26.1. The average Bonchev–Trinajstić information content (AvgIpc) is 2.58. The van der Waals surface area contributed by atoms with E-state index in [0.717, 1.165) is 0 Å². The molecule has 0 aliphatic heterocycles. The van der Waals surface area contributed by atoms with Gasteiger partial charge in [0.15, 0.2) is 9.84 Å². The zero-order valence-electron chi connectivity index (χ0n) is 13.1. The average molecular weight is 363 g/mol. The van der Waals surface area contributed by atoms with Crippen molar-refractivity contribution in [1.29, 1.82) is 0 Å². The number of terminal acetylenes is 1. The van der Waals surface area contributed by atoms with Crippen molar-refractivity contribution in [3.63, 3.8) is 0 Å². The third kappa shape index (κ3) is 4.39. The third-order valence-corrected chi connectivity index (χ3v) is 6.21. The molecule has 126 valence electrons. The Labute approximate surface area is 148 Å². The Hall–Kier alpha value is -1.80. The molecule has 3 nitrogen and oxygen atoms in total. The molecule has 5 heteroatoms. The first-order valence-corrected chi connectivity index (χ1v) is 9.55. The van der Waals surface area contributed by atoms with E-state index in [-0.39, 0.29) is 4.90 Å². The van der Waals surface area contributed by atoms with Crippen molar-refractivity contribution in [3.8, 4) is 12.3 Å². The zero-order chi connectivity index (χ0) is 17.6. The highest BCUT2D eigenvalue weighted by Crippen LogP contribution is 2.34. The van der Waals surface area contributed by atoms with E-state index in [4.69, 9.17) is 18.0 Å². The van der Waals surface area contributed by atoms with Gasteiger partial charge in [-0.3, -0.25) is 0 Å². The molecule has 0 saturated carbocycles. The van der Waals surface area contributed by atoms with E-state index in [1.54, 1.807) is 42.5 Å². The molecule has 0 fully saturated rings. The van der Waals surface area contributed by atoms with Gasteiger partial charge in [0, 0.05) is 11.4 Å². The maximum atomic E-state index is 13.1. The summed E-state index contributed by atoms with van der Waals surface area (Å²) in [5, 5.41) is 10.0. The fraction of sp³-hybridized carbons (Fsp3) is 0.263. The minimum absolute atomic E-state index is 0.181. The Morgan fingerprint density at radius 3 is 2.29 bits per heavy atom. The summed E-state index contributed by atoms with van der Waals surface area (Å²) in [7, 11) is -3.75. The highest BCUT2D eigenvalue weighted by atomic mass is 35.5. The summed E-state index contributed by atoms with van der Waals surface area (Å²) in [6, 6.07) is 14.7. The van der Waals surface area contributed by atoms with Crippen LogP contribution in [0.2, 0.25) is 5.02 Å². The Kier molecular flexibility index (Phi) is 6.44. The van der Waals surface area contributed by atoms with Crippen molar-refractivity contribution in [3.05, 3.63) is 65.2 Å². The minimum atomic E-state index is -3.75. The second-order valence-electron chi connectivity index (χ2n) is 5.49. The molecule has 2 rings (SSSR count). The maximum absolute atomic E-state index is 13.1. The quantitative estimate of drug-likeness (QED) is 0.598. The highest BCUT2D eigenvalue weighted by molar-refractivity contribution is 7.91. The van der Waals surface area contributed by atoms with Gasteiger partial charge in [-0.2, -0.15) is 0 Å². The lowest BCUT2D eigenvalue weighted by atomic mass is 10.0. The minimum Gasteiger partial charge on any atom is -0.391 e. The fourth-order valence-corrected chi connectivity index (χ4v) is 4.60. The van der Waals surface area contributed by atoms with Crippen LogP contribution in [-0.2, 0) is 9.84 Å². The summed E-state index contributed by atoms with van der Waals surface area (Å²) in [6.45, 7) is 0. The van der Waals surface area contributed by atoms with E-state index in [1.807, 2.05) is 0 Å². The number of aliphatic hydroxyl groups is 1. The molecule has 0 aromatic heterocycles. The van der Waals surface area contributed by atoms with Gasteiger partial charge in [-0.1, -0.05) is 41.9 Å². The Balaban J connectivity index is 2.42. The first-order valence-electron chi connectivity index (χ1n) is 7.62. The van der Waals surface area contributed by atoms with Crippen LogP contribution in [0.15, 0.2) is 59.5 Å². The predicted octanol–water partition coefficient (Wildman–Crippen LogP) is 4.02. The van der Waals surface area contributed by atoms with Gasteiger partial charge in [0.2, 0.25) is 0 Å². The summed E-state index contributed by atoms with van der Waals surface area (Å²) in [5.41, 5.74) is 0.511. The summed E-state index contributed by atoms with van der Waals surface area (Å²) in [6.07, 6.45) is 5.55. The molecular formula is C19H19ClO3S. The van der Waals surface area contributed by atoms with Crippen LogP contribution >= 0.6 is 11.6 Å². The molecule has 2 unspecified atom stereocenters. The van der Waals surface area contributed by atoms with Crippen molar-refractivity contribution < 1.29 is 13.5 Å². The number of aliphatic hydroxyl groups excluding tert-OH is 1. The molecule has 0 radical (unpaired) electrons. The van der Waals surface area contributed by atoms with Crippen LogP contribution in [0, 0.1) is 12.3 Å². The second kappa shape index (κ2) is 8.34. The smallest absolute Gasteiger partial charge is 0.187 e. The molecule has 0 bridgehead atoms. The van der Waals surface area contributed by atoms with Crippen LogP contribution in [0.4, 0.5) is 0 Å². The van der Waals surface area contributed by atoms with E-state index in [2.05, 4.69) is 5.92 Å². The molecule has 0 heterocycles. The number of halogens is 1. The van der Waals surface area contributed by atoms with Crippen LogP contribution in [0.3, 0.4) is 0 Å². The molecule has 0 saturated heterocycles. The van der Waals surface area contributed by atoms with Crippen molar-refractivity contribution >= 4 is 21.4 Å². The molecule has 0 aliphatic rings. The van der Waals surface area contributed by atoms with Crippen molar-refractivity contribution in [1.82, 2.24) is 0 Å². The first kappa shape index (κ1) is 18.5. The number of unbranched alkanes of at least 4 members (excludes halogenated alkanes) is 1. The Morgan fingerprint density at radius 2 is 1.71 bits per heavy atom. The number of benzene rings is 2. The van der Waals surface area contributed by atoms with Gasteiger partial charge in [-0.05, 0) is 42.7 Å². The van der Waals surface area contributed by atoms with Crippen LogP contribution in [0.1, 0.15) is 30.1 Å². The summed E-state index contributed by atoms with van der Waals surface area (Å²) >= 11 is 5.90. The monoisotopic (exact) mass is 362 g/mol. The van der Waals surface area contributed by atoms with Crippen LogP contribution < -0.4 is 0 Å². The Morgan fingerprint density at radius 1 is 1.08 bits per heavy atom. The molecule has 2 aromatic rings. The second-order valence-corrected chi connectivity index (χ2v) is 8.00. The third-order valence-electron chi connectivity index (χ3n) is 3.78. The lowest BCUT2D eigenvalue weighted by molar-refractivity contribution is 0.156. The summed E-state index contributed by atoms with van der Waals surface area (Å²) in [5.74, 6) is 2.50. The number of rotatable bonds is 7. The van der Waals surface area contributed by atoms with Gasteiger partial charge in [-0.25, -0.2) is 8.42 Å². The van der Waals surface area contributed by atoms with Gasteiger partial charge < -0.3 is 5.11 Å². The van der Waals surface area contributed by atoms with Gasteiger partial charge in [0.05, 0.1) is 11.0 Å². The van der Waals surface area contributed by atoms with E-state index < -0.39 is 21.2 Å². The predicted molar refractivity (Wildman–Crippen MR) is 96.5 cm³/mol. The molecule has 0 spiro atoms. The van der Waals surface area contributed by atoms with Crippen LogP contribution in [0.5, 0.6) is 0 Å². The molecule has 2 aromatic carbocycles. The van der Waals surface area contributed by atoms with Gasteiger partial charge in [0.25, 0.3) is 0 Å². The normalized spacial score (nSPS) is 13.9. The Bertz CT molecular complexity index is 793.